The molecule has 0 fully saturated rings. The lowest BCUT2D eigenvalue weighted by Crippen LogP contribution is -2.19. The number of benzene rings is 3. The summed E-state index contributed by atoms with van der Waals surface area (Å²) in [6, 6.07) is 14.5. The number of nitrogens with one attached hydrogen (secondary N) is 2. The topological polar surface area (TPSA) is 84.5 Å². The van der Waals surface area contributed by atoms with E-state index in [1.807, 2.05) is 0 Å². The summed E-state index contributed by atoms with van der Waals surface area (Å²) >= 11 is 0. The summed E-state index contributed by atoms with van der Waals surface area (Å²) in [7, 11) is -2.99. The van der Waals surface area contributed by atoms with Crippen molar-refractivity contribution in [2.45, 2.75) is 4.90 Å². The van der Waals surface area contributed by atoms with Gasteiger partial charge in [-0.25, -0.2) is 17.2 Å². The number of rotatable bonds is 6. The summed E-state index contributed by atoms with van der Waals surface area (Å²) < 4.78 is 59.6. The lowest BCUT2D eigenvalue weighted by Gasteiger charge is -2.13. The van der Waals surface area contributed by atoms with Crippen LogP contribution in [0.2, 0.25) is 0 Å². The van der Waals surface area contributed by atoms with Gasteiger partial charge in [-0.3, -0.25) is 9.52 Å². The molecule has 0 aliphatic heterocycles. The molecule has 0 aliphatic carbocycles. The van der Waals surface area contributed by atoms with E-state index in [1.165, 1.54) is 25.3 Å². The molecule has 0 saturated carbocycles. The molecule has 0 spiro atoms. The smallest absolute Gasteiger partial charge is 0.264 e. The highest BCUT2D eigenvalue weighted by Gasteiger charge is 2.22. The summed E-state index contributed by atoms with van der Waals surface area (Å²) in [5, 5.41) is 2.63. The van der Waals surface area contributed by atoms with E-state index in [4.69, 9.17) is 4.74 Å². The Bertz CT molecular complexity index is 1170. The monoisotopic (exact) mass is 418 g/mol. The van der Waals surface area contributed by atoms with Crippen LogP contribution in [0.1, 0.15) is 10.4 Å². The van der Waals surface area contributed by atoms with Crippen LogP contribution < -0.4 is 14.8 Å². The molecule has 3 rings (SSSR count). The zero-order valence-electron chi connectivity index (χ0n) is 15.1. The number of ether oxygens (including phenoxy) is 1. The molecule has 3 aromatic carbocycles. The molecule has 2 N–H and O–H groups in total. The van der Waals surface area contributed by atoms with Crippen molar-refractivity contribution in [1.82, 2.24) is 0 Å². The summed E-state index contributed by atoms with van der Waals surface area (Å²) in [4.78, 5) is 11.8. The third-order valence-corrected chi connectivity index (χ3v) is 5.31. The van der Waals surface area contributed by atoms with Gasteiger partial charge in [-0.1, -0.05) is 18.2 Å². The number of anilines is 2. The lowest BCUT2D eigenvalue weighted by molar-refractivity contribution is 0.102. The van der Waals surface area contributed by atoms with Crippen molar-refractivity contribution in [3.8, 4) is 5.75 Å². The second-order valence-electron chi connectivity index (χ2n) is 5.91. The van der Waals surface area contributed by atoms with E-state index in [0.717, 1.165) is 6.07 Å². The highest BCUT2D eigenvalue weighted by atomic mass is 32.2. The van der Waals surface area contributed by atoms with Crippen LogP contribution in [0, 0.1) is 11.6 Å². The molecular weight excluding hydrogens is 402 g/mol. The average molecular weight is 418 g/mol. The molecule has 29 heavy (non-hydrogen) atoms. The Labute approximate surface area is 166 Å². The fourth-order valence-electron chi connectivity index (χ4n) is 2.55. The highest BCUT2D eigenvalue weighted by Crippen LogP contribution is 2.24. The van der Waals surface area contributed by atoms with Crippen molar-refractivity contribution < 1.29 is 26.7 Å². The summed E-state index contributed by atoms with van der Waals surface area (Å²) in [6.07, 6.45) is 0. The van der Waals surface area contributed by atoms with Gasteiger partial charge < -0.3 is 10.1 Å². The van der Waals surface area contributed by atoms with E-state index in [-0.39, 0.29) is 11.3 Å². The van der Waals surface area contributed by atoms with Crippen LogP contribution in [0.3, 0.4) is 0 Å². The number of carbonyl (C=O) groups excluding carboxylic acids is 1. The fraction of sp³-hybridized carbons (Fsp3) is 0.0500. The van der Waals surface area contributed by atoms with Crippen LogP contribution in [0.25, 0.3) is 0 Å². The molecular formula is C20H16F2N2O4S. The van der Waals surface area contributed by atoms with Gasteiger partial charge in [-0.2, -0.15) is 0 Å². The van der Waals surface area contributed by atoms with E-state index in [0.29, 0.717) is 23.6 Å². The first-order valence-corrected chi connectivity index (χ1v) is 9.81. The lowest BCUT2D eigenvalue weighted by atomic mass is 10.1. The Hall–Kier alpha value is -3.46. The van der Waals surface area contributed by atoms with Crippen LogP contribution in [0.5, 0.6) is 5.75 Å². The van der Waals surface area contributed by atoms with Crippen molar-refractivity contribution in [2.24, 2.45) is 0 Å². The van der Waals surface area contributed by atoms with E-state index < -0.39 is 32.5 Å². The Kier molecular flexibility index (Phi) is 5.79. The van der Waals surface area contributed by atoms with Crippen molar-refractivity contribution in [2.75, 3.05) is 17.1 Å². The quantitative estimate of drug-likeness (QED) is 0.633. The number of sulfonamides is 1. The van der Waals surface area contributed by atoms with Crippen molar-refractivity contribution in [3.63, 3.8) is 0 Å². The second-order valence-corrected chi connectivity index (χ2v) is 7.56. The van der Waals surface area contributed by atoms with Gasteiger partial charge in [0.2, 0.25) is 0 Å². The van der Waals surface area contributed by atoms with Crippen LogP contribution in [-0.4, -0.2) is 21.4 Å². The SMILES string of the molecule is COc1cccc(NC(=O)c2ccccc2NS(=O)(=O)c2cc(F)ccc2F)c1. The Morgan fingerprint density at radius 3 is 2.48 bits per heavy atom. The molecule has 0 heterocycles. The molecule has 150 valence electrons. The molecule has 0 radical (unpaired) electrons. The zero-order valence-corrected chi connectivity index (χ0v) is 16.0. The van der Waals surface area contributed by atoms with Gasteiger partial charge in [0.1, 0.15) is 22.3 Å². The maximum atomic E-state index is 13.9. The Morgan fingerprint density at radius 2 is 1.72 bits per heavy atom. The first-order valence-electron chi connectivity index (χ1n) is 8.32. The number of hydrogen-bond donors (Lipinski definition) is 2. The molecule has 1 amide bonds. The van der Waals surface area contributed by atoms with Gasteiger partial charge in [0, 0.05) is 11.8 Å². The molecule has 0 atom stereocenters. The van der Waals surface area contributed by atoms with Crippen molar-refractivity contribution in [1.29, 1.82) is 0 Å². The third kappa shape index (κ3) is 4.69. The minimum absolute atomic E-state index is 0.00398. The summed E-state index contributed by atoms with van der Waals surface area (Å²) in [6.45, 7) is 0. The summed E-state index contributed by atoms with van der Waals surface area (Å²) in [5.41, 5.74) is 0.343. The first kappa shape index (κ1) is 20.3. The molecule has 0 aromatic heterocycles. The van der Waals surface area contributed by atoms with Crippen molar-refractivity contribution >= 4 is 27.3 Å². The first-order chi connectivity index (χ1) is 13.8. The minimum Gasteiger partial charge on any atom is -0.497 e. The zero-order chi connectivity index (χ0) is 21.0. The Morgan fingerprint density at radius 1 is 0.966 bits per heavy atom. The van der Waals surface area contributed by atoms with Gasteiger partial charge >= 0.3 is 0 Å². The number of hydrogen-bond acceptors (Lipinski definition) is 4. The van der Waals surface area contributed by atoms with Gasteiger partial charge in [0.15, 0.2) is 0 Å². The fourth-order valence-corrected chi connectivity index (χ4v) is 3.72. The molecule has 0 unspecified atom stereocenters. The van der Waals surface area contributed by atoms with Gasteiger partial charge in [-0.05, 0) is 42.5 Å². The van der Waals surface area contributed by atoms with Crippen LogP contribution >= 0.6 is 0 Å². The largest absolute Gasteiger partial charge is 0.497 e. The van der Waals surface area contributed by atoms with E-state index in [1.54, 1.807) is 30.3 Å². The van der Waals surface area contributed by atoms with E-state index in [9.17, 15) is 22.0 Å². The predicted octanol–water partition coefficient (Wildman–Crippen LogP) is 4.03. The predicted molar refractivity (Wildman–Crippen MR) is 105 cm³/mol. The van der Waals surface area contributed by atoms with Gasteiger partial charge in [0.25, 0.3) is 15.9 Å². The molecule has 0 saturated heterocycles. The van der Waals surface area contributed by atoms with E-state index >= 15 is 0 Å². The molecule has 3 aromatic rings. The normalized spacial score (nSPS) is 11.0. The standard InChI is InChI=1S/C20H16F2N2O4S/c1-28-15-6-4-5-14(12-15)23-20(25)16-7-2-3-8-18(16)24-29(26,27)19-11-13(21)9-10-17(19)22/h2-12,24H,1H3,(H,23,25). The average Bonchev–Trinajstić information content (AvgIpc) is 2.70. The second kappa shape index (κ2) is 8.27. The highest BCUT2D eigenvalue weighted by molar-refractivity contribution is 7.92. The molecule has 6 nitrogen and oxygen atoms in total. The van der Waals surface area contributed by atoms with Crippen LogP contribution in [-0.2, 0) is 10.0 Å². The molecule has 0 bridgehead atoms. The van der Waals surface area contributed by atoms with Gasteiger partial charge in [0.05, 0.1) is 18.4 Å². The number of carbonyl (C=O) groups is 1. The van der Waals surface area contributed by atoms with E-state index in [2.05, 4.69) is 10.0 Å². The van der Waals surface area contributed by atoms with Crippen molar-refractivity contribution in [3.05, 3.63) is 83.9 Å². The maximum absolute atomic E-state index is 13.9. The summed E-state index contributed by atoms with van der Waals surface area (Å²) in [5.74, 6) is -2.09. The minimum atomic E-state index is -4.47. The van der Waals surface area contributed by atoms with Crippen LogP contribution in [0.4, 0.5) is 20.2 Å². The molecule has 0 aliphatic rings. The molecule has 9 heteroatoms. The number of amides is 1. The number of para-hydroxylation sites is 1. The Balaban J connectivity index is 1.90. The van der Waals surface area contributed by atoms with Gasteiger partial charge in [-0.15, -0.1) is 0 Å². The number of methoxy groups -OCH3 is 1. The number of halogens is 2. The maximum Gasteiger partial charge on any atom is 0.264 e. The third-order valence-electron chi connectivity index (χ3n) is 3.93. The van der Waals surface area contributed by atoms with Crippen LogP contribution in [0.15, 0.2) is 71.6 Å².